The molecule has 13 heteroatoms. The molecule has 1 amide bonds. The fourth-order valence-corrected chi connectivity index (χ4v) is 7.71. The average Bonchev–Trinajstić information content (AvgIpc) is 3.65. The number of cyclic esters (lactones) is 1. The van der Waals surface area contributed by atoms with E-state index in [2.05, 4.69) is 22.9 Å². The number of aliphatic hydroxyl groups excluding tert-OH is 1. The van der Waals surface area contributed by atoms with E-state index in [0.717, 1.165) is 6.42 Å². The van der Waals surface area contributed by atoms with Gasteiger partial charge in [-0.2, -0.15) is 0 Å². The fourth-order valence-electron chi connectivity index (χ4n) is 7.71. The first-order valence-electron chi connectivity index (χ1n) is 17.5. The third-order valence-corrected chi connectivity index (χ3v) is 11.2. The van der Waals surface area contributed by atoms with Gasteiger partial charge in [0.1, 0.15) is 18.1 Å². The number of hydrogen-bond donors (Lipinski definition) is 4. The van der Waals surface area contributed by atoms with Crippen molar-refractivity contribution in [1.82, 2.24) is 20.9 Å². The number of Topliss-reactive ketones (excluding diaryl/α,β-unsaturated/α-hetero) is 1. The van der Waals surface area contributed by atoms with E-state index >= 15 is 0 Å². The van der Waals surface area contributed by atoms with Crippen LogP contribution in [0.15, 0.2) is 0 Å². The van der Waals surface area contributed by atoms with Crippen molar-refractivity contribution in [3.05, 3.63) is 0 Å². The van der Waals surface area contributed by atoms with Gasteiger partial charge in [-0.25, -0.2) is 4.79 Å². The van der Waals surface area contributed by atoms with Gasteiger partial charge in [-0.1, -0.05) is 20.8 Å². The Labute approximate surface area is 280 Å². The molecule has 3 saturated heterocycles. The molecular formula is C34H60N4O9. The second-order valence-electron chi connectivity index (χ2n) is 15.0. The summed E-state index contributed by atoms with van der Waals surface area (Å²) in [6.45, 7) is 14.1. The zero-order valence-electron chi connectivity index (χ0n) is 30.0. The second kappa shape index (κ2) is 15.3. The van der Waals surface area contributed by atoms with E-state index in [4.69, 9.17) is 23.7 Å². The Morgan fingerprint density at radius 2 is 1.79 bits per heavy atom. The molecule has 0 spiro atoms. The molecule has 270 valence electrons. The molecule has 0 aromatic carbocycles. The highest BCUT2D eigenvalue weighted by molar-refractivity contribution is 6.00. The molecule has 13 nitrogen and oxygen atoms in total. The van der Waals surface area contributed by atoms with Gasteiger partial charge in [0.25, 0.3) is 0 Å². The number of ether oxygens (including phenoxy) is 5. The summed E-state index contributed by atoms with van der Waals surface area (Å²) in [7, 11) is 5.44. The Bertz CT molecular complexity index is 1110. The fraction of sp³-hybridized carbons (Fsp3) is 0.912. The Morgan fingerprint density at radius 1 is 1.11 bits per heavy atom. The smallest absolute Gasteiger partial charge is 0.408 e. The van der Waals surface area contributed by atoms with Crippen LogP contribution in [0.25, 0.3) is 0 Å². The van der Waals surface area contributed by atoms with Crippen LogP contribution in [0.3, 0.4) is 0 Å². The highest BCUT2D eigenvalue weighted by Gasteiger charge is 2.55. The van der Waals surface area contributed by atoms with Crippen molar-refractivity contribution < 1.29 is 43.2 Å². The lowest BCUT2D eigenvalue weighted by Gasteiger charge is -2.46. The molecule has 0 bridgehead atoms. The summed E-state index contributed by atoms with van der Waals surface area (Å²) in [4.78, 5) is 42.1. The second-order valence-corrected chi connectivity index (χ2v) is 15.0. The predicted octanol–water partition coefficient (Wildman–Crippen LogP) is 1.98. The quantitative estimate of drug-likeness (QED) is 0.221. The molecule has 0 aromatic heterocycles. The highest BCUT2D eigenvalue weighted by Crippen LogP contribution is 2.37. The molecule has 4 rings (SSSR count). The lowest BCUT2D eigenvalue weighted by Crippen LogP contribution is -2.60. The topological polar surface area (TPSA) is 157 Å². The third kappa shape index (κ3) is 8.30. The number of carbonyl (C=O) groups excluding carboxylic acids is 3. The van der Waals surface area contributed by atoms with Gasteiger partial charge in [0.2, 0.25) is 0 Å². The van der Waals surface area contributed by atoms with Gasteiger partial charge in [-0.05, 0) is 86.4 Å². The molecule has 14 atom stereocenters. The summed E-state index contributed by atoms with van der Waals surface area (Å²) < 4.78 is 30.9. The van der Waals surface area contributed by atoms with Gasteiger partial charge in [0, 0.05) is 37.7 Å². The number of carbonyl (C=O) groups is 3. The number of ketones is 1. The molecule has 5 unspecified atom stereocenters. The number of likely N-dealkylation sites (N-methyl/N-ethyl adjacent to an activating group) is 1. The maximum Gasteiger partial charge on any atom is 0.408 e. The van der Waals surface area contributed by atoms with Gasteiger partial charge in [-0.15, -0.1) is 0 Å². The highest BCUT2D eigenvalue weighted by atomic mass is 16.7. The van der Waals surface area contributed by atoms with Gasteiger partial charge >= 0.3 is 12.1 Å². The first-order valence-corrected chi connectivity index (χ1v) is 17.5. The zero-order chi connectivity index (χ0) is 34.8. The minimum atomic E-state index is -1.14. The third-order valence-electron chi connectivity index (χ3n) is 11.2. The summed E-state index contributed by atoms with van der Waals surface area (Å²) in [5, 5.41) is 21.5. The van der Waals surface area contributed by atoms with E-state index in [9.17, 15) is 19.5 Å². The maximum absolute atomic E-state index is 14.1. The molecule has 0 aromatic rings. The first kappa shape index (κ1) is 37.9. The van der Waals surface area contributed by atoms with Crippen molar-refractivity contribution in [3.63, 3.8) is 0 Å². The van der Waals surface area contributed by atoms with Crippen molar-refractivity contribution in [1.29, 1.82) is 0 Å². The van der Waals surface area contributed by atoms with Crippen LogP contribution in [-0.2, 0) is 33.3 Å². The largest absolute Gasteiger partial charge is 0.458 e. The Balaban J connectivity index is 1.63. The molecule has 1 aliphatic carbocycles. The number of methoxy groups -OCH3 is 1. The van der Waals surface area contributed by atoms with E-state index in [1.807, 2.05) is 39.8 Å². The number of nitrogens with one attached hydrogen (secondary N) is 3. The van der Waals surface area contributed by atoms with Crippen molar-refractivity contribution >= 4 is 17.8 Å². The van der Waals surface area contributed by atoms with Crippen molar-refractivity contribution in [2.75, 3.05) is 34.3 Å². The number of aliphatic hydroxyl groups is 1. The lowest BCUT2D eigenvalue weighted by molar-refractivity contribution is -0.296. The molecule has 4 fully saturated rings. The maximum atomic E-state index is 14.1. The van der Waals surface area contributed by atoms with Crippen LogP contribution in [0.5, 0.6) is 0 Å². The molecule has 3 heterocycles. The van der Waals surface area contributed by atoms with Crippen molar-refractivity contribution in [3.8, 4) is 0 Å². The molecule has 47 heavy (non-hydrogen) atoms. The predicted molar refractivity (Wildman–Crippen MR) is 175 cm³/mol. The molecule has 4 N–H and O–H groups in total. The van der Waals surface area contributed by atoms with Gasteiger partial charge in [-0.3, -0.25) is 9.59 Å². The zero-order valence-corrected chi connectivity index (χ0v) is 30.0. The Hall–Kier alpha value is -1.87. The lowest BCUT2D eigenvalue weighted by atomic mass is 9.80. The van der Waals surface area contributed by atoms with E-state index < -0.39 is 65.7 Å². The number of amides is 1. The van der Waals surface area contributed by atoms with Crippen LogP contribution in [0.4, 0.5) is 4.79 Å². The normalized spacial score (nSPS) is 45.3. The summed E-state index contributed by atoms with van der Waals surface area (Å²) in [5.41, 5.74) is -2.13. The number of nitrogens with zero attached hydrogens (tertiary/aromatic N) is 1. The number of esters is 1. The van der Waals surface area contributed by atoms with Crippen molar-refractivity contribution in [2.24, 2.45) is 17.8 Å². The number of alkyl carbamates (subject to hydrolysis) is 1. The first-order chi connectivity index (χ1) is 22.1. The summed E-state index contributed by atoms with van der Waals surface area (Å²) in [5.74, 6) is -2.40. The average molecular weight is 669 g/mol. The number of hydrogen-bond acceptors (Lipinski definition) is 12. The summed E-state index contributed by atoms with van der Waals surface area (Å²) >= 11 is 0. The monoisotopic (exact) mass is 668 g/mol. The van der Waals surface area contributed by atoms with Gasteiger partial charge in [0.05, 0.1) is 23.9 Å². The molecule has 4 aliphatic rings. The summed E-state index contributed by atoms with van der Waals surface area (Å²) in [6.07, 6.45) is -1.15. The minimum absolute atomic E-state index is 0.209. The SMILES string of the molecule is CC[C@H]1OC(=O)C(C)C(=O)[C@H](C)[C@@H](OC2OC(CN[C@@H]3C[C@H]3C)CC(N(C)C)C2O)[C@](C)(OC)CCCN[C@H](C)[C@H]2NC(=O)O[C@@]21C. The molecule has 0 radical (unpaired) electrons. The number of rotatable bonds is 8. The minimum Gasteiger partial charge on any atom is -0.458 e. The van der Waals surface area contributed by atoms with Gasteiger partial charge in [0.15, 0.2) is 17.7 Å². The van der Waals surface area contributed by atoms with Crippen LogP contribution in [0.2, 0.25) is 0 Å². The van der Waals surface area contributed by atoms with E-state index in [0.29, 0.717) is 50.7 Å². The van der Waals surface area contributed by atoms with Crippen LogP contribution in [-0.4, -0.2) is 128 Å². The van der Waals surface area contributed by atoms with E-state index in [1.54, 1.807) is 21.0 Å². The van der Waals surface area contributed by atoms with Crippen molar-refractivity contribution in [2.45, 2.75) is 147 Å². The van der Waals surface area contributed by atoms with Crippen LogP contribution in [0.1, 0.15) is 80.6 Å². The molecule has 3 aliphatic heterocycles. The Kier molecular flexibility index (Phi) is 12.4. The molecule has 1 saturated carbocycles. The summed E-state index contributed by atoms with van der Waals surface area (Å²) in [6, 6.07) is -0.460. The Morgan fingerprint density at radius 3 is 2.38 bits per heavy atom. The van der Waals surface area contributed by atoms with Crippen LogP contribution < -0.4 is 16.0 Å². The molecular weight excluding hydrogens is 608 g/mol. The van der Waals surface area contributed by atoms with Crippen LogP contribution in [0, 0.1) is 17.8 Å². The van der Waals surface area contributed by atoms with Gasteiger partial charge < -0.3 is 49.6 Å². The number of fused-ring (bicyclic) bond motifs is 1. The standard InChI is InChI=1S/C34H60N4O9/c1-11-25-34(7)28(37-32(42)47-34)21(5)35-14-12-13-33(6,43-10)29(19(3)26(39)20(4)30(41)45-25)46-31-27(40)24(38(8)9)16-22(44-31)17-36-23-15-18(23)2/h18-25,27-29,31,35-36,40H,11-17H2,1-10H3,(H,37,42)/t18-,19+,20?,21-,22?,23-,24?,25-,27?,28-,29-,31?,33-,34-/m1/s1. The van der Waals surface area contributed by atoms with E-state index in [-0.39, 0.29) is 24.0 Å². The van der Waals surface area contributed by atoms with Crippen LogP contribution >= 0.6 is 0 Å². The van der Waals surface area contributed by atoms with E-state index in [1.165, 1.54) is 6.92 Å².